The minimum absolute atomic E-state index is 0.277. The fourth-order valence-electron chi connectivity index (χ4n) is 1.35. The van der Waals surface area contributed by atoms with E-state index in [2.05, 4.69) is 4.74 Å². The lowest BCUT2D eigenvalue weighted by Gasteiger charge is -2.15. The Bertz CT molecular complexity index is 505. The standard InChI is InChI=1S/C12H12F3NO3/c1-16(6-10(18)19-2)9(17)5-7-3-4-8(13)12(15)11(7)14/h3-4H,5-6H2,1-2H3. The van der Waals surface area contributed by atoms with Crippen molar-refractivity contribution in [3.63, 3.8) is 0 Å². The molecule has 7 heteroatoms. The van der Waals surface area contributed by atoms with E-state index in [0.717, 1.165) is 24.1 Å². The van der Waals surface area contributed by atoms with Crippen molar-refractivity contribution >= 4 is 11.9 Å². The average Bonchev–Trinajstić information content (AvgIpc) is 2.39. The smallest absolute Gasteiger partial charge is 0.325 e. The van der Waals surface area contributed by atoms with Gasteiger partial charge < -0.3 is 9.64 Å². The number of nitrogens with zero attached hydrogens (tertiary/aromatic N) is 1. The fraction of sp³-hybridized carbons (Fsp3) is 0.333. The van der Waals surface area contributed by atoms with E-state index in [-0.39, 0.29) is 12.1 Å². The second kappa shape index (κ2) is 6.21. The average molecular weight is 275 g/mol. The molecule has 0 saturated carbocycles. The Kier molecular flexibility index (Phi) is 4.91. The number of benzene rings is 1. The molecule has 0 N–H and O–H groups in total. The summed E-state index contributed by atoms with van der Waals surface area (Å²) in [4.78, 5) is 23.6. The number of rotatable bonds is 4. The van der Waals surface area contributed by atoms with E-state index >= 15 is 0 Å². The zero-order valence-corrected chi connectivity index (χ0v) is 10.4. The molecule has 0 fully saturated rings. The third kappa shape index (κ3) is 3.70. The predicted molar refractivity (Wildman–Crippen MR) is 59.7 cm³/mol. The number of ether oxygens (including phenoxy) is 1. The fourth-order valence-corrected chi connectivity index (χ4v) is 1.35. The summed E-state index contributed by atoms with van der Waals surface area (Å²) < 4.78 is 43.4. The molecule has 1 rings (SSSR count). The third-order valence-corrected chi connectivity index (χ3v) is 2.48. The largest absolute Gasteiger partial charge is 0.468 e. The molecule has 0 aliphatic rings. The van der Waals surface area contributed by atoms with Crippen molar-refractivity contribution in [1.82, 2.24) is 4.90 Å². The van der Waals surface area contributed by atoms with Crippen LogP contribution in [0.25, 0.3) is 0 Å². The maximum Gasteiger partial charge on any atom is 0.325 e. The van der Waals surface area contributed by atoms with Crippen molar-refractivity contribution < 1.29 is 27.5 Å². The molecule has 0 aromatic heterocycles. The molecule has 0 heterocycles. The molecule has 0 bridgehead atoms. The molecular formula is C12H12F3NO3. The second-order valence-electron chi connectivity index (χ2n) is 3.84. The topological polar surface area (TPSA) is 46.6 Å². The van der Waals surface area contributed by atoms with E-state index in [9.17, 15) is 22.8 Å². The van der Waals surface area contributed by atoms with Crippen molar-refractivity contribution in [3.05, 3.63) is 35.1 Å². The van der Waals surface area contributed by atoms with Crippen LogP contribution >= 0.6 is 0 Å². The van der Waals surface area contributed by atoms with E-state index in [1.165, 1.54) is 7.05 Å². The van der Waals surface area contributed by atoms with Gasteiger partial charge in [0.1, 0.15) is 6.54 Å². The molecule has 1 amide bonds. The minimum atomic E-state index is -1.62. The van der Waals surface area contributed by atoms with Crippen LogP contribution in [0.4, 0.5) is 13.2 Å². The molecule has 0 saturated heterocycles. The van der Waals surface area contributed by atoms with Gasteiger partial charge in [0.2, 0.25) is 5.91 Å². The molecule has 4 nitrogen and oxygen atoms in total. The van der Waals surface area contributed by atoms with Crippen LogP contribution in [0, 0.1) is 17.5 Å². The van der Waals surface area contributed by atoms with Gasteiger partial charge in [-0.1, -0.05) is 6.07 Å². The number of carbonyl (C=O) groups excluding carboxylic acids is 2. The Balaban J connectivity index is 2.77. The van der Waals surface area contributed by atoms with Crippen molar-refractivity contribution in [3.8, 4) is 0 Å². The number of halogens is 3. The highest BCUT2D eigenvalue weighted by Crippen LogP contribution is 2.16. The summed E-state index contributed by atoms with van der Waals surface area (Å²) in [5.74, 6) is -5.60. The van der Waals surface area contributed by atoms with Gasteiger partial charge in [0.25, 0.3) is 0 Å². The second-order valence-corrected chi connectivity index (χ2v) is 3.84. The molecule has 0 radical (unpaired) electrons. The molecule has 0 atom stereocenters. The summed E-state index contributed by atoms with van der Waals surface area (Å²) >= 11 is 0. The van der Waals surface area contributed by atoms with Crippen molar-refractivity contribution in [2.45, 2.75) is 6.42 Å². The molecule has 1 aromatic carbocycles. The molecule has 19 heavy (non-hydrogen) atoms. The quantitative estimate of drug-likeness (QED) is 0.614. The molecule has 1 aromatic rings. The number of amides is 1. The first kappa shape index (κ1) is 15.0. The number of esters is 1. The van der Waals surface area contributed by atoms with Gasteiger partial charge in [-0.05, 0) is 6.07 Å². The molecule has 0 aliphatic heterocycles. The first-order chi connectivity index (χ1) is 8.86. The maximum atomic E-state index is 13.3. The summed E-state index contributed by atoms with van der Waals surface area (Å²) in [5, 5.41) is 0. The summed E-state index contributed by atoms with van der Waals surface area (Å²) in [5.41, 5.74) is -0.277. The Morgan fingerprint density at radius 2 is 1.84 bits per heavy atom. The zero-order valence-electron chi connectivity index (χ0n) is 10.4. The van der Waals surface area contributed by atoms with Gasteiger partial charge in [-0.15, -0.1) is 0 Å². The van der Waals surface area contributed by atoms with Crippen LogP contribution in [-0.2, 0) is 20.7 Å². The van der Waals surface area contributed by atoms with Crippen LogP contribution in [0.5, 0.6) is 0 Å². The lowest BCUT2D eigenvalue weighted by atomic mass is 10.1. The van der Waals surface area contributed by atoms with Gasteiger partial charge in [0.05, 0.1) is 13.5 Å². The van der Waals surface area contributed by atoms with Crippen molar-refractivity contribution in [2.24, 2.45) is 0 Å². The maximum absolute atomic E-state index is 13.3. The Morgan fingerprint density at radius 3 is 2.42 bits per heavy atom. The van der Waals surface area contributed by atoms with Crippen LogP contribution < -0.4 is 0 Å². The first-order valence-corrected chi connectivity index (χ1v) is 5.30. The number of hydrogen-bond donors (Lipinski definition) is 0. The van der Waals surface area contributed by atoms with Crippen LogP contribution in [0.1, 0.15) is 5.56 Å². The first-order valence-electron chi connectivity index (χ1n) is 5.30. The summed E-state index contributed by atoms with van der Waals surface area (Å²) in [7, 11) is 2.48. The van der Waals surface area contributed by atoms with E-state index in [1.807, 2.05) is 0 Å². The van der Waals surface area contributed by atoms with E-state index < -0.39 is 35.7 Å². The van der Waals surface area contributed by atoms with E-state index in [1.54, 1.807) is 0 Å². The molecule has 0 aliphatic carbocycles. The Morgan fingerprint density at radius 1 is 1.21 bits per heavy atom. The Labute approximate surface area is 107 Å². The highest BCUT2D eigenvalue weighted by Gasteiger charge is 2.19. The van der Waals surface area contributed by atoms with Crippen LogP contribution in [-0.4, -0.2) is 37.5 Å². The number of carbonyl (C=O) groups is 2. The van der Waals surface area contributed by atoms with E-state index in [4.69, 9.17) is 0 Å². The predicted octanol–water partition coefficient (Wildman–Crippen LogP) is 1.28. The lowest BCUT2D eigenvalue weighted by molar-refractivity contribution is -0.145. The number of methoxy groups -OCH3 is 1. The van der Waals surface area contributed by atoms with E-state index in [0.29, 0.717) is 0 Å². The molecule has 104 valence electrons. The van der Waals surface area contributed by atoms with Crippen molar-refractivity contribution in [2.75, 3.05) is 20.7 Å². The molecular weight excluding hydrogens is 263 g/mol. The zero-order chi connectivity index (χ0) is 14.6. The van der Waals surface area contributed by atoms with Gasteiger partial charge in [-0.2, -0.15) is 0 Å². The molecule has 0 unspecified atom stereocenters. The molecule has 0 spiro atoms. The van der Waals surface area contributed by atoms with Gasteiger partial charge in [0, 0.05) is 12.6 Å². The van der Waals surface area contributed by atoms with Gasteiger partial charge in [-0.3, -0.25) is 9.59 Å². The van der Waals surface area contributed by atoms with Gasteiger partial charge in [-0.25, -0.2) is 13.2 Å². The minimum Gasteiger partial charge on any atom is -0.468 e. The summed E-state index contributed by atoms with van der Waals surface area (Å²) in [6.07, 6.45) is -0.476. The monoisotopic (exact) mass is 275 g/mol. The number of hydrogen-bond acceptors (Lipinski definition) is 3. The van der Waals surface area contributed by atoms with Crippen LogP contribution in [0.2, 0.25) is 0 Å². The third-order valence-electron chi connectivity index (χ3n) is 2.48. The van der Waals surface area contributed by atoms with Gasteiger partial charge >= 0.3 is 5.97 Å². The van der Waals surface area contributed by atoms with Gasteiger partial charge in [0.15, 0.2) is 17.5 Å². The normalized spacial score (nSPS) is 10.2. The number of likely N-dealkylation sites (N-methyl/N-ethyl adjacent to an activating group) is 1. The lowest BCUT2D eigenvalue weighted by Crippen LogP contribution is -2.33. The van der Waals surface area contributed by atoms with Crippen molar-refractivity contribution in [1.29, 1.82) is 0 Å². The SMILES string of the molecule is COC(=O)CN(C)C(=O)Cc1ccc(F)c(F)c1F. The highest BCUT2D eigenvalue weighted by atomic mass is 19.2. The van der Waals surface area contributed by atoms with Crippen LogP contribution in [0.3, 0.4) is 0 Å². The summed E-state index contributed by atoms with van der Waals surface area (Å²) in [6, 6.07) is 1.72. The van der Waals surface area contributed by atoms with Crippen LogP contribution in [0.15, 0.2) is 12.1 Å². The summed E-state index contributed by atoms with van der Waals surface area (Å²) in [6.45, 7) is -0.305. The highest BCUT2D eigenvalue weighted by molar-refractivity contribution is 5.83. The Hall–Kier alpha value is -2.05.